The first-order valence-electron chi connectivity index (χ1n) is 13.9. The Morgan fingerprint density at radius 3 is 2.56 bits per heavy atom. The van der Waals surface area contributed by atoms with Crippen LogP contribution < -0.4 is 35.6 Å². The fraction of sp³-hybridized carbons (Fsp3) is 0.323. The average Bonchev–Trinajstić information content (AvgIpc) is 3.29. The van der Waals surface area contributed by atoms with Gasteiger partial charge in [-0.1, -0.05) is 12.1 Å². The van der Waals surface area contributed by atoms with Crippen molar-refractivity contribution < 1.29 is 23.8 Å². The van der Waals surface area contributed by atoms with Crippen LogP contribution in [-0.2, 0) is 16.0 Å². The number of rotatable bonds is 9. The maximum Gasteiger partial charge on any atom is 0.239 e. The Hall–Kier alpha value is -5.13. The summed E-state index contributed by atoms with van der Waals surface area (Å²) in [7, 11) is 4.64. The summed E-state index contributed by atoms with van der Waals surface area (Å²) in [5.74, 6) is 1.45. The first kappa shape index (κ1) is 29.4. The Kier molecular flexibility index (Phi) is 8.46. The van der Waals surface area contributed by atoms with E-state index < -0.39 is 12.1 Å². The number of ether oxygens (including phenoxy) is 3. The number of carbonyl (C=O) groups is 2. The molecule has 0 spiro atoms. The largest absolute Gasteiger partial charge is 0.493 e. The van der Waals surface area contributed by atoms with Gasteiger partial charge in [0, 0.05) is 18.7 Å². The van der Waals surface area contributed by atoms with Crippen molar-refractivity contribution >= 4 is 23.1 Å². The summed E-state index contributed by atoms with van der Waals surface area (Å²) in [6.45, 7) is 3.11. The highest BCUT2D eigenvalue weighted by Crippen LogP contribution is 2.50. The van der Waals surface area contributed by atoms with Gasteiger partial charge in [0.2, 0.25) is 23.0 Å². The molecule has 2 unspecified atom stereocenters. The summed E-state index contributed by atoms with van der Waals surface area (Å²) in [6, 6.07) is 11.5. The summed E-state index contributed by atoms with van der Waals surface area (Å²) in [4.78, 5) is 38.5. The van der Waals surface area contributed by atoms with Crippen LogP contribution in [0.3, 0.4) is 0 Å². The number of anilines is 1. The first-order chi connectivity index (χ1) is 20.7. The lowest BCUT2D eigenvalue weighted by molar-refractivity contribution is -0.120. The van der Waals surface area contributed by atoms with Gasteiger partial charge in [0.05, 0.1) is 45.6 Å². The Bertz CT molecular complexity index is 1750. The topological polar surface area (TPSA) is 145 Å². The van der Waals surface area contributed by atoms with Crippen LogP contribution in [0.25, 0.3) is 16.8 Å². The third-order valence-electron chi connectivity index (χ3n) is 7.46. The third-order valence-corrected chi connectivity index (χ3v) is 7.46. The summed E-state index contributed by atoms with van der Waals surface area (Å²) in [5, 5.41) is 17.2. The minimum atomic E-state index is -0.434. The van der Waals surface area contributed by atoms with Crippen molar-refractivity contribution in [3.05, 3.63) is 75.8 Å². The van der Waals surface area contributed by atoms with E-state index >= 15 is 0 Å². The molecule has 0 saturated heterocycles. The molecule has 2 amide bonds. The van der Waals surface area contributed by atoms with Crippen LogP contribution in [0.2, 0.25) is 0 Å². The molecule has 3 N–H and O–H groups in total. The first-order valence-corrected chi connectivity index (χ1v) is 13.9. The van der Waals surface area contributed by atoms with Crippen LogP contribution in [0.15, 0.2) is 53.5 Å². The second-order valence-electron chi connectivity index (χ2n) is 10.2. The van der Waals surface area contributed by atoms with Crippen LogP contribution >= 0.6 is 0 Å². The van der Waals surface area contributed by atoms with E-state index in [1.54, 1.807) is 30.8 Å². The number of hydrogen-bond acceptors (Lipinski definition) is 9. The lowest BCUT2D eigenvalue weighted by atomic mass is 9.95. The molecular weight excluding hydrogens is 552 g/mol. The normalized spacial score (nSPS) is 14.5. The van der Waals surface area contributed by atoms with Crippen molar-refractivity contribution in [3.8, 4) is 28.4 Å². The number of carbonyl (C=O) groups excluding carboxylic acids is 2. The van der Waals surface area contributed by atoms with Crippen LogP contribution in [0.5, 0.6) is 17.2 Å². The number of aromatic nitrogens is 3. The van der Waals surface area contributed by atoms with Gasteiger partial charge < -0.3 is 30.2 Å². The van der Waals surface area contributed by atoms with E-state index in [-0.39, 0.29) is 29.5 Å². The third kappa shape index (κ3) is 5.81. The van der Waals surface area contributed by atoms with Gasteiger partial charge in [-0.05, 0) is 66.8 Å². The Morgan fingerprint density at radius 1 is 1.05 bits per heavy atom. The van der Waals surface area contributed by atoms with Crippen LogP contribution in [-0.4, -0.2) is 54.3 Å². The van der Waals surface area contributed by atoms with Gasteiger partial charge in [-0.3, -0.25) is 18.8 Å². The Balaban J connectivity index is 1.48. The second kappa shape index (κ2) is 12.4. The van der Waals surface area contributed by atoms with Gasteiger partial charge in [-0.15, -0.1) is 10.2 Å². The Labute approximate surface area is 248 Å². The maximum atomic E-state index is 13.5. The predicted molar refractivity (Wildman–Crippen MR) is 161 cm³/mol. The molecular formula is C31H34N6O6. The van der Waals surface area contributed by atoms with Crippen LogP contribution in [0, 0.1) is 0 Å². The fourth-order valence-corrected chi connectivity index (χ4v) is 5.54. The van der Waals surface area contributed by atoms with Crippen LogP contribution in [0.4, 0.5) is 5.69 Å². The Morgan fingerprint density at radius 2 is 1.84 bits per heavy atom. The van der Waals surface area contributed by atoms with Crippen LogP contribution in [0.1, 0.15) is 49.3 Å². The molecule has 2 heterocycles. The van der Waals surface area contributed by atoms with E-state index in [1.165, 1.54) is 20.1 Å². The van der Waals surface area contributed by atoms with E-state index in [1.807, 2.05) is 37.4 Å². The number of methoxy groups -OCH3 is 3. The van der Waals surface area contributed by atoms with Crippen molar-refractivity contribution in [1.82, 2.24) is 25.2 Å². The zero-order valence-electron chi connectivity index (χ0n) is 24.7. The number of fused-ring (bicyclic) bond motifs is 4. The molecule has 43 heavy (non-hydrogen) atoms. The SMILES string of the molecule is COc1cc2c(c(OC)c1OC)-c1ccc(NCC(=O)NC(C)c3nnc4ccccn34)c(=O)cc1C(NC(C)=O)CC2. The van der Waals surface area contributed by atoms with Crippen molar-refractivity contribution in [2.45, 2.75) is 38.8 Å². The molecule has 0 radical (unpaired) electrons. The smallest absolute Gasteiger partial charge is 0.239 e. The molecule has 0 aliphatic heterocycles. The number of nitrogens with one attached hydrogen (secondary N) is 3. The number of amides is 2. The number of nitrogens with zero attached hydrogens (tertiary/aromatic N) is 3. The van der Waals surface area contributed by atoms with Gasteiger partial charge in [0.1, 0.15) is 0 Å². The summed E-state index contributed by atoms with van der Waals surface area (Å²) in [6.07, 6.45) is 2.96. The van der Waals surface area contributed by atoms with E-state index in [0.29, 0.717) is 52.7 Å². The lowest BCUT2D eigenvalue weighted by Gasteiger charge is -2.19. The molecule has 5 rings (SSSR count). The summed E-state index contributed by atoms with van der Waals surface area (Å²) < 4.78 is 18.8. The molecule has 2 atom stereocenters. The summed E-state index contributed by atoms with van der Waals surface area (Å²) >= 11 is 0. The quantitative estimate of drug-likeness (QED) is 0.269. The molecule has 1 aliphatic rings. The van der Waals surface area contributed by atoms with E-state index in [4.69, 9.17) is 14.2 Å². The van der Waals surface area contributed by atoms with Gasteiger partial charge >= 0.3 is 0 Å². The monoisotopic (exact) mass is 586 g/mol. The van der Waals surface area contributed by atoms with Gasteiger partial charge in [0.15, 0.2) is 23.0 Å². The molecule has 2 aromatic heterocycles. The number of aryl methyl sites for hydroxylation is 1. The molecule has 0 bridgehead atoms. The molecule has 12 nitrogen and oxygen atoms in total. The van der Waals surface area contributed by atoms with Gasteiger partial charge in [-0.2, -0.15) is 0 Å². The van der Waals surface area contributed by atoms with Crippen molar-refractivity contribution in [1.29, 1.82) is 0 Å². The molecule has 2 aromatic carbocycles. The van der Waals surface area contributed by atoms with E-state index in [2.05, 4.69) is 26.1 Å². The predicted octanol–water partition coefficient (Wildman–Crippen LogP) is 3.20. The molecule has 4 aromatic rings. The molecule has 0 saturated carbocycles. The zero-order valence-corrected chi connectivity index (χ0v) is 24.7. The van der Waals surface area contributed by atoms with Crippen molar-refractivity contribution in [2.75, 3.05) is 33.2 Å². The second-order valence-corrected chi connectivity index (χ2v) is 10.2. The minimum absolute atomic E-state index is 0.148. The standard InChI is InChI=1S/C31H34N6O6/c1-17(31-36-35-26-8-6-7-13-37(26)31)33-27(40)16-32-23-12-10-20-21(15-24(23)39)22(34-18(2)38)11-9-19-14-25(41-3)29(42-4)30(43-5)28(19)20/h6-8,10,12-15,17,22H,9,11,16H2,1-5H3,(H,32,39)(H,33,40)(H,34,38). The fourth-order valence-electron chi connectivity index (χ4n) is 5.54. The van der Waals surface area contributed by atoms with Gasteiger partial charge in [0.25, 0.3) is 0 Å². The maximum absolute atomic E-state index is 13.5. The highest BCUT2D eigenvalue weighted by atomic mass is 16.5. The van der Waals surface area contributed by atoms with Crippen molar-refractivity contribution in [3.63, 3.8) is 0 Å². The molecule has 0 fully saturated rings. The van der Waals surface area contributed by atoms with Crippen molar-refractivity contribution in [2.24, 2.45) is 0 Å². The highest BCUT2D eigenvalue weighted by molar-refractivity contribution is 5.84. The number of benzene rings is 1. The highest BCUT2D eigenvalue weighted by Gasteiger charge is 2.29. The molecule has 224 valence electrons. The molecule has 12 heteroatoms. The number of hydrogen-bond donors (Lipinski definition) is 3. The molecule has 1 aliphatic carbocycles. The van der Waals surface area contributed by atoms with E-state index in [9.17, 15) is 14.4 Å². The number of pyridine rings is 1. The average molecular weight is 587 g/mol. The minimum Gasteiger partial charge on any atom is -0.493 e. The zero-order chi connectivity index (χ0) is 30.7. The van der Waals surface area contributed by atoms with Gasteiger partial charge in [-0.25, -0.2) is 0 Å². The lowest BCUT2D eigenvalue weighted by Crippen LogP contribution is -2.33. The van der Waals surface area contributed by atoms with E-state index in [0.717, 1.165) is 11.1 Å². The summed E-state index contributed by atoms with van der Waals surface area (Å²) in [5.41, 5.74) is 3.58.